The molecule has 0 saturated carbocycles. The van der Waals surface area contributed by atoms with E-state index >= 15 is 0 Å². The van der Waals surface area contributed by atoms with E-state index in [1.165, 1.54) is 0 Å². The fraction of sp³-hybridized carbons (Fsp3) is 0.219. The summed E-state index contributed by atoms with van der Waals surface area (Å²) in [5, 5.41) is 4.68. The van der Waals surface area contributed by atoms with Crippen molar-refractivity contribution >= 4 is 5.97 Å². The molecule has 2 heterocycles. The molecule has 0 fully saturated rings. The van der Waals surface area contributed by atoms with E-state index in [1.54, 1.807) is 6.92 Å². The molecule has 0 unspecified atom stereocenters. The Kier molecular flexibility index (Phi) is 8.56. The molecule has 2 aromatic heterocycles. The first kappa shape index (κ1) is 26.7. The summed E-state index contributed by atoms with van der Waals surface area (Å²) in [6.45, 7) is 4.73. The summed E-state index contributed by atoms with van der Waals surface area (Å²) in [5.74, 6) is 2.97. The molecule has 0 atom stereocenters. The van der Waals surface area contributed by atoms with Crippen molar-refractivity contribution in [1.82, 2.24) is 14.8 Å². The summed E-state index contributed by atoms with van der Waals surface area (Å²) >= 11 is 0. The van der Waals surface area contributed by atoms with E-state index in [1.807, 2.05) is 103 Å². The van der Waals surface area contributed by atoms with Gasteiger partial charge >= 0.3 is 5.97 Å². The molecule has 3 aromatic carbocycles. The minimum absolute atomic E-state index is 0.192. The fourth-order valence-electron chi connectivity index (χ4n) is 4.17. The summed E-state index contributed by atoms with van der Waals surface area (Å²) in [5.41, 5.74) is 3.46. The molecule has 0 aliphatic rings. The molecule has 0 N–H and O–H groups in total. The second-order valence-electron chi connectivity index (χ2n) is 9.20. The molecule has 0 aliphatic heterocycles. The molecule has 0 radical (unpaired) electrons. The Hall–Kier alpha value is -4.85. The number of ether oxygens (including phenoxy) is 3. The minimum Gasteiger partial charge on any atom is -0.470 e. The van der Waals surface area contributed by atoms with Crippen LogP contribution in [0.15, 0.2) is 95.5 Å². The van der Waals surface area contributed by atoms with Crippen molar-refractivity contribution in [3.63, 3.8) is 0 Å². The predicted molar refractivity (Wildman–Crippen MR) is 150 cm³/mol. The standard InChI is InChI=1S/C32H31N3O5/c1-3-37-30(36)19-16-26-21-35(20-24-14-17-28(18-15-24)40-27-12-8-5-9-13-27)34-32(26)38-22-29-23(2)39-31(33-29)25-10-6-4-7-11-25/h4-15,17-18,21H,3,16,19-20,22H2,1-2H3. The normalized spacial score (nSPS) is 10.8. The highest BCUT2D eigenvalue weighted by Crippen LogP contribution is 2.25. The number of nitrogens with zero attached hydrogens (tertiary/aromatic N) is 3. The number of para-hydroxylation sites is 1. The summed E-state index contributed by atoms with van der Waals surface area (Å²) < 4.78 is 24.8. The van der Waals surface area contributed by atoms with Gasteiger partial charge in [-0.05, 0) is 62.2 Å². The first-order valence-electron chi connectivity index (χ1n) is 13.3. The van der Waals surface area contributed by atoms with Gasteiger partial charge in [-0.2, -0.15) is 0 Å². The third-order valence-corrected chi connectivity index (χ3v) is 6.21. The lowest BCUT2D eigenvalue weighted by Crippen LogP contribution is -2.06. The number of esters is 1. The number of carbonyl (C=O) groups excluding carboxylic acids is 1. The van der Waals surface area contributed by atoms with Crippen LogP contribution in [0.1, 0.15) is 35.9 Å². The lowest BCUT2D eigenvalue weighted by atomic mass is 10.2. The van der Waals surface area contributed by atoms with Crippen molar-refractivity contribution in [2.24, 2.45) is 0 Å². The van der Waals surface area contributed by atoms with Crippen molar-refractivity contribution < 1.29 is 23.4 Å². The van der Waals surface area contributed by atoms with Crippen LogP contribution in [0.4, 0.5) is 0 Å². The second-order valence-corrected chi connectivity index (χ2v) is 9.20. The quantitative estimate of drug-likeness (QED) is 0.162. The third kappa shape index (κ3) is 6.96. The van der Waals surface area contributed by atoms with E-state index in [4.69, 9.17) is 18.6 Å². The Morgan fingerprint density at radius 1 is 0.925 bits per heavy atom. The average molecular weight is 538 g/mol. The molecule has 40 heavy (non-hydrogen) atoms. The topological polar surface area (TPSA) is 88.6 Å². The largest absolute Gasteiger partial charge is 0.470 e. The van der Waals surface area contributed by atoms with Crippen LogP contribution in [0.25, 0.3) is 11.5 Å². The molecule has 8 nitrogen and oxygen atoms in total. The van der Waals surface area contributed by atoms with Crippen molar-refractivity contribution in [3.8, 4) is 28.8 Å². The number of aryl methyl sites for hydroxylation is 2. The van der Waals surface area contributed by atoms with Crippen LogP contribution >= 0.6 is 0 Å². The van der Waals surface area contributed by atoms with Crippen molar-refractivity contribution in [2.45, 2.75) is 39.8 Å². The SMILES string of the molecule is CCOC(=O)CCc1cn(Cc2ccc(Oc3ccccc3)cc2)nc1OCc1nc(-c2ccccc2)oc1C. The summed E-state index contributed by atoms with van der Waals surface area (Å²) in [6, 6.07) is 27.3. The van der Waals surface area contributed by atoms with E-state index in [-0.39, 0.29) is 19.0 Å². The van der Waals surface area contributed by atoms with E-state index in [0.717, 1.165) is 28.2 Å². The van der Waals surface area contributed by atoms with Gasteiger partial charge in [0.15, 0.2) is 0 Å². The van der Waals surface area contributed by atoms with Crippen LogP contribution in [0.2, 0.25) is 0 Å². The minimum atomic E-state index is -0.255. The van der Waals surface area contributed by atoms with Gasteiger partial charge in [0.1, 0.15) is 29.6 Å². The Morgan fingerprint density at radius 2 is 1.62 bits per heavy atom. The van der Waals surface area contributed by atoms with E-state index in [9.17, 15) is 4.79 Å². The molecule has 0 bridgehead atoms. The average Bonchev–Trinajstić information content (AvgIpc) is 3.55. The van der Waals surface area contributed by atoms with Gasteiger partial charge in [-0.1, -0.05) is 48.5 Å². The number of rotatable bonds is 12. The van der Waals surface area contributed by atoms with Crippen LogP contribution in [0.5, 0.6) is 17.4 Å². The molecule has 5 rings (SSSR count). The Morgan fingerprint density at radius 3 is 2.35 bits per heavy atom. The zero-order valence-electron chi connectivity index (χ0n) is 22.6. The predicted octanol–water partition coefficient (Wildman–Crippen LogP) is 6.76. The first-order valence-corrected chi connectivity index (χ1v) is 13.3. The summed E-state index contributed by atoms with van der Waals surface area (Å²) in [6.07, 6.45) is 2.60. The molecule has 0 saturated heterocycles. The van der Waals surface area contributed by atoms with E-state index in [0.29, 0.717) is 42.8 Å². The maximum atomic E-state index is 12.0. The Labute approximate surface area is 233 Å². The summed E-state index contributed by atoms with van der Waals surface area (Å²) in [7, 11) is 0. The number of hydrogen-bond donors (Lipinski definition) is 0. The zero-order valence-corrected chi connectivity index (χ0v) is 22.6. The number of hydrogen-bond acceptors (Lipinski definition) is 7. The van der Waals surface area contributed by atoms with Gasteiger partial charge in [0.2, 0.25) is 11.8 Å². The zero-order chi connectivity index (χ0) is 27.7. The molecule has 204 valence electrons. The lowest BCUT2D eigenvalue weighted by Gasteiger charge is -2.07. The maximum Gasteiger partial charge on any atom is 0.306 e. The van der Waals surface area contributed by atoms with Crippen molar-refractivity contribution in [3.05, 3.63) is 114 Å². The van der Waals surface area contributed by atoms with E-state index < -0.39 is 0 Å². The Bertz CT molecular complexity index is 1530. The molecule has 8 heteroatoms. The summed E-state index contributed by atoms with van der Waals surface area (Å²) in [4.78, 5) is 16.6. The smallest absolute Gasteiger partial charge is 0.306 e. The van der Waals surface area contributed by atoms with Gasteiger partial charge in [-0.15, -0.1) is 5.10 Å². The Balaban J connectivity index is 1.29. The van der Waals surface area contributed by atoms with Gasteiger partial charge in [0.25, 0.3) is 0 Å². The number of benzene rings is 3. The molecule has 5 aromatic rings. The highest BCUT2D eigenvalue weighted by atomic mass is 16.5. The third-order valence-electron chi connectivity index (χ3n) is 6.21. The van der Waals surface area contributed by atoms with Crippen LogP contribution in [0.3, 0.4) is 0 Å². The number of oxazole rings is 1. The lowest BCUT2D eigenvalue weighted by molar-refractivity contribution is -0.143. The van der Waals surface area contributed by atoms with Crippen LogP contribution in [0, 0.1) is 6.92 Å². The monoisotopic (exact) mass is 537 g/mol. The number of aromatic nitrogens is 3. The van der Waals surface area contributed by atoms with Crippen LogP contribution in [-0.4, -0.2) is 27.3 Å². The molecule has 0 spiro atoms. The van der Waals surface area contributed by atoms with Gasteiger partial charge in [0, 0.05) is 23.7 Å². The number of carbonyl (C=O) groups is 1. The van der Waals surface area contributed by atoms with Gasteiger partial charge in [0.05, 0.1) is 13.2 Å². The maximum absolute atomic E-state index is 12.0. The van der Waals surface area contributed by atoms with Gasteiger partial charge in [-0.3, -0.25) is 9.48 Å². The van der Waals surface area contributed by atoms with Gasteiger partial charge < -0.3 is 18.6 Å². The molecular weight excluding hydrogens is 506 g/mol. The van der Waals surface area contributed by atoms with Gasteiger partial charge in [-0.25, -0.2) is 4.98 Å². The van der Waals surface area contributed by atoms with E-state index in [2.05, 4.69) is 10.1 Å². The second kappa shape index (κ2) is 12.8. The van der Waals surface area contributed by atoms with Crippen LogP contribution < -0.4 is 9.47 Å². The van der Waals surface area contributed by atoms with Crippen LogP contribution in [-0.2, 0) is 29.1 Å². The molecular formula is C32H31N3O5. The first-order chi connectivity index (χ1) is 19.6. The molecule has 0 aliphatic carbocycles. The highest BCUT2D eigenvalue weighted by molar-refractivity contribution is 5.69. The highest BCUT2D eigenvalue weighted by Gasteiger charge is 2.17. The van der Waals surface area contributed by atoms with Crippen molar-refractivity contribution in [2.75, 3.05) is 6.61 Å². The van der Waals surface area contributed by atoms with Crippen molar-refractivity contribution in [1.29, 1.82) is 0 Å². The fourth-order valence-corrected chi connectivity index (χ4v) is 4.17. The molecule has 0 amide bonds.